The molecule has 6 heteroatoms. The van der Waals surface area contributed by atoms with Crippen LogP contribution in [0.15, 0.2) is 48.5 Å². The van der Waals surface area contributed by atoms with E-state index in [1.54, 1.807) is 24.3 Å². The van der Waals surface area contributed by atoms with Gasteiger partial charge in [-0.1, -0.05) is 61.9 Å². The summed E-state index contributed by atoms with van der Waals surface area (Å²) in [5.41, 5.74) is 8.73. The molecule has 0 bridgehead atoms. The number of hydrogen-bond acceptors (Lipinski definition) is 3. The molecule has 4 rings (SSSR count). The number of carbonyl (C=O) groups is 2. The van der Waals surface area contributed by atoms with Gasteiger partial charge in [0, 0.05) is 40.8 Å². The van der Waals surface area contributed by atoms with Crippen molar-refractivity contribution in [1.29, 1.82) is 0 Å². The number of anilines is 1. The van der Waals surface area contributed by atoms with Crippen LogP contribution < -0.4 is 11.1 Å². The molecule has 0 aromatic heterocycles. The van der Waals surface area contributed by atoms with Gasteiger partial charge < -0.3 is 16.0 Å². The Kier molecular flexibility index (Phi) is 8.05. The first-order valence-corrected chi connectivity index (χ1v) is 12.6. The van der Waals surface area contributed by atoms with Crippen LogP contribution in [-0.4, -0.2) is 28.8 Å². The number of nitrogens with one attached hydrogen (secondary N) is 1. The maximum absolute atomic E-state index is 13.6. The van der Waals surface area contributed by atoms with Gasteiger partial charge in [-0.25, -0.2) is 0 Å². The van der Waals surface area contributed by atoms with Gasteiger partial charge in [0.1, 0.15) is 0 Å². The summed E-state index contributed by atoms with van der Waals surface area (Å²) in [5.74, 6) is 0.156. The Hall–Kier alpha value is -2.37. The SMILES string of the molecule is NC1CCCCC1N(Cc1cccc(NC(=O)c2cccc(Cl)c2)c1)C(=O)C1CCCCC1. The van der Waals surface area contributed by atoms with Crippen molar-refractivity contribution in [2.45, 2.75) is 76.4 Å². The zero-order valence-corrected chi connectivity index (χ0v) is 19.9. The van der Waals surface area contributed by atoms with Crippen molar-refractivity contribution < 1.29 is 9.59 Å². The summed E-state index contributed by atoms with van der Waals surface area (Å²) in [5, 5.41) is 3.48. The maximum atomic E-state index is 13.6. The molecule has 5 nitrogen and oxygen atoms in total. The number of halogens is 1. The van der Waals surface area contributed by atoms with Gasteiger partial charge in [-0.15, -0.1) is 0 Å². The summed E-state index contributed by atoms with van der Waals surface area (Å²) in [7, 11) is 0. The fraction of sp³-hybridized carbons (Fsp3) is 0.481. The van der Waals surface area contributed by atoms with Crippen LogP contribution in [0.2, 0.25) is 5.02 Å². The lowest BCUT2D eigenvalue weighted by molar-refractivity contribution is -0.141. The Bertz CT molecular complexity index is 973. The summed E-state index contributed by atoms with van der Waals surface area (Å²) >= 11 is 6.03. The molecule has 33 heavy (non-hydrogen) atoms. The molecule has 2 aromatic carbocycles. The highest BCUT2D eigenvalue weighted by atomic mass is 35.5. The number of nitrogens with two attached hydrogens (primary N) is 1. The van der Waals surface area contributed by atoms with Gasteiger partial charge in [-0.3, -0.25) is 9.59 Å². The van der Waals surface area contributed by atoms with E-state index in [2.05, 4.69) is 10.2 Å². The van der Waals surface area contributed by atoms with E-state index in [1.807, 2.05) is 24.3 Å². The van der Waals surface area contributed by atoms with Crippen molar-refractivity contribution >= 4 is 29.1 Å². The summed E-state index contributed by atoms with van der Waals surface area (Å²) in [6.07, 6.45) is 9.62. The molecule has 2 aliphatic rings. The van der Waals surface area contributed by atoms with Gasteiger partial charge in [0.05, 0.1) is 0 Å². The third kappa shape index (κ3) is 6.15. The molecular formula is C27H34ClN3O2. The number of nitrogens with zero attached hydrogens (tertiary/aromatic N) is 1. The first kappa shape index (κ1) is 23.8. The molecule has 0 heterocycles. The second kappa shape index (κ2) is 11.2. The molecule has 2 amide bonds. The third-order valence-electron chi connectivity index (χ3n) is 7.04. The zero-order valence-electron chi connectivity index (χ0n) is 19.1. The lowest BCUT2D eigenvalue weighted by Crippen LogP contribution is -2.53. The predicted octanol–water partition coefficient (Wildman–Crippen LogP) is 5.77. The van der Waals surface area contributed by atoms with Crippen molar-refractivity contribution in [2.24, 2.45) is 11.7 Å². The monoisotopic (exact) mass is 467 g/mol. The molecule has 2 atom stereocenters. The highest BCUT2D eigenvalue weighted by Crippen LogP contribution is 2.30. The number of benzene rings is 2. The van der Waals surface area contributed by atoms with Crippen molar-refractivity contribution in [1.82, 2.24) is 4.90 Å². The third-order valence-corrected chi connectivity index (χ3v) is 7.28. The van der Waals surface area contributed by atoms with E-state index in [1.165, 1.54) is 6.42 Å². The Balaban J connectivity index is 1.51. The van der Waals surface area contributed by atoms with Crippen LogP contribution in [0.3, 0.4) is 0 Å². The highest BCUT2D eigenvalue weighted by Gasteiger charge is 2.34. The molecule has 2 aromatic rings. The molecule has 3 N–H and O–H groups in total. The lowest BCUT2D eigenvalue weighted by Gasteiger charge is -2.40. The second-order valence-corrected chi connectivity index (χ2v) is 9.92. The number of carbonyl (C=O) groups excluding carboxylic acids is 2. The van der Waals surface area contributed by atoms with Crippen molar-refractivity contribution in [3.63, 3.8) is 0 Å². The van der Waals surface area contributed by atoms with Gasteiger partial charge >= 0.3 is 0 Å². The molecule has 176 valence electrons. The fourth-order valence-corrected chi connectivity index (χ4v) is 5.44. The van der Waals surface area contributed by atoms with Gasteiger partial charge in [-0.2, -0.15) is 0 Å². The molecule has 0 aliphatic heterocycles. The van der Waals surface area contributed by atoms with Crippen LogP contribution in [0.1, 0.15) is 73.7 Å². The average Bonchev–Trinajstić information content (AvgIpc) is 2.83. The fourth-order valence-electron chi connectivity index (χ4n) is 5.25. The zero-order chi connectivity index (χ0) is 23.2. The van der Waals surface area contributed by atoms with Crippen molar-refractivity contribution in [2.75, 3.05) is 5.32 Å². The molecule has 0 saturated heterocycles. The average molecular weight is 468 g/mol. The van der Waals surface area contributed by atoms with Crippen molar-refractivity contribution in [3.05, 3.63) is 64.7 Å². The Morgan fingerprint density at radius 3 is 2.42 bits per heavy atom. The van der Waals surface area contributed by atoms with Crippen LogP contribution in [0.4, 0.5) is 5.69 Å². The Labute approximate surface area is 201 Å². The van der Waals surface area contributed by atoms with E-state index < -0.39 is 0 Å². The number of hydrogen-bond donors (Lipinski definition) is 2. The minimum absolute atomic E-state index is 0.0250. The molecule has 2 aliphatic carbocycles. The summed E-state index contributed by atoms with van der Waals surface area (Å²) in [4.78, 5) is 28.3. The van der Waals surface area contributed by atoms with Gasteiger partial charge in [0.2, 0.25) is 5.91 Å². The topological polar surface area (TPSA) is 75.4 Å². The molecular weight excluding hydrogens is 434 g/mol. The minimum Gasteiger partial charge on any atom is -0.334 e. The van der Waals surface area contributed by atoms with E-state index in [0.717, 1.165) is 56.9 Å². The van der Waals surface area contributed by atoms with E-state index in [4.69, 9.17) is 17.3 Å². The van der Waals surface area contributed by atoms with E-state index in [0.29, 0.717) is 22.8 Å². The molecule has 0 spiro atoms. The highest BCUT2D eigenvalue weighted by molar-refractivity contribution is 6.31. The quantitative estimate of drug-likeness (QED) is 0.566. The van der Waals surface area contributed by atoms with Gasteiger partial charge in [0.25, 0.3) is 5.91 Å². The first-order chi connectivity index (χ1) is 16.0. The molecule has 2 unspecified atom stereocenters. The van der Waals surface area contributed by atoms with Crippen molar-refractivity contribution in [3.8, 4) is 0 Å². The van der Waals surface area contributed by atoms with E-state index >= 15 is 0 Å². The van der Waals surface area contributed by atoms with Gasteiger partial charge in [-0.05, 0) is 61.6 Å². The Morgan fingerprint density at radius 1 is 0.939 bits per heavy atom. The summed E-state index contributed by atoms with van der Waals surface area (Å²) in [6.45, 7) is 0.522. The van der Waals surface area contributed by atoms with Gasteiger partial charge in [0.15, 0.2) is 0 Å². The molecule has 0 radical (unpaired) electrons. The maximum Gasteiger partial charge on any atom is 0.255 e. The second-order valence-electron chi connectivity index (χ2n) is 9.48. The van der Waals surface area contributed by atoms with Crippen LogP contribution in [0.25, 0.3) is 0 Å². The smallest absolute Gasteiger partial charge is 0.255 e. The lowest BCUT2D eigenvalue weighted by atomic mass is 9.85. The van der Waals surface area contributed by atoms with Crippen LogP contribution in [0.5, 0.6) is 0 Å². The molecule has 2 saturated carbocycles. The summed E-state index contributed by atoms with van der Waals surface area (Å²) < 4.78 is 0. The van der Waals surface area contributed by atoms with E-state index in [9.17, 15) is 9.59 Å². The Morgan fingerprint density at radius 2 is 1.67 bits per heavy atom. The number of rotatable bonds is 6. The van der Waals surface area contributed by atoms with E-state index in [-0.39, 0.29) is 29.8 Å². The normalized spacial score (nSPS) is 21.4. The largest absolute Gasteiger partial charge is 0.334 e. The minimum atomic E-state index is -0.209. The van der Waals surface area contributed by atoms with Crippen LogP contribution >= 0.6 is 11.6 Å². The molecule has 2 fully saturated rings. The standard InChI is InChI=1S/C27H34ClN3O2/c28-22-12-7-11-21(17-22)26(32)30-23-13-6-8-19(16-23)18-31(25-15-5-4-14-24(25)29)27(33)20-9-2-1-3-10-20/h6-8,11-13,16-17,20,24-25H,1-5,9-10,14-15,18,29H2,(H,30,32). The summed E-state index contributed by atoms with van der Waals surface area (Å²) in [6, 6.07) is 14.8. The van der Waals surface area contributed by atoms with Crippen LogP contribution in [-0.2, 0) is 11.3 Å². The first-order valence-electron chi connectivity index (χ1n) is 12.2. The predicted molar refractivity (Wildman–Crippen MR) is 133 cm³/mol. The van der Waals surface area contributed by atoms with Crippen LogP contribution in [0, 0.1) is 5.92 Å². The number of amides is 2.